The van der Waals surface area contributed by atoms with Crippen LogP contribution in [-0.4, -0.2) is 42.8 Å². The van der Waals surface area contributed by atoms with E-state index in [4.69, 9.17) is 9.52 Å². The van der Waals surface area contributed by atoms with Crippen molar-refractivity contribution < 1.29 is 19.1 Å². The Bertz CT molecular complexity index is 334. The molecule has 0 saturated carbocycles. The van der Waals surface area contributed by atoms with Crippen molar-refractivity contribution in [1.29, 1.82) is 0 Å². The third-order valence-corrected chi connectivity index (χ3v) is 2.29. The van der Waals surface area contributed by atoms with Gasteiger partial charge in [-0.2, -0.15) is 0 Å². The molecule has 0 amide bonds. The first-order valence-corrected chi connectivity index (χ1v) is 5.21. The normalized spacial score (nSPS) is 10.8. The zero-order valence-corrected chi connectivity index (χ0v) is 9.60. The molecule has 0 saturated heterocycles. The molecule has 16 heavy (non-hydrogen) atoms. The third kappa shape index (κ3) is 3.36. The number of aliphatic hydroxyl groups excluding tert-OH is 1. The number of furan rings is 1. The van der Waals surface area contributed by atoms with E-state index in [9.17, 15) is 4.79 Å². The molecule has 1 rings (SSSR count). The number of carbonyl (C=O) groups is 1. The molecule has 1 heterocycles. The Kier molecular flexibility index (Phi) is 5.01. The van der Waals surface area contributed by atoms with Gasteiger partial charge in [0.05, 0.1) is 20.3 Å². The van der Waals surface area contributed by atoms with Gasteiger partial charge in [0.1, 0.15) is 5.76 Å². The first kappa shape index (κ1) is 12.7. The molecule has 0 spiro atoms. The van der Waals surface area contributed by atoms with Gasteiger partial charge < -0.3 is 14.3 Å². The van der Waals surface area contributed by atoms with Gasteiger partial charge in [0.15, 0.2) is 0 Å². The monoisotopic (exact) mass is 227 g/mol. The fourth-order valence-corrected chi connectivity index (χ4v) is 1.38. The number of esters is 1. The highest BCUT2D eigenvalue weighted by molar-refractivity contribution is 5.86. The van der Waals surface area contributed by atoms with Gasteiger partial charge in [0, 0.05) is 6.54 Å². The SMILES string of the molecule is CCN(CCO)Cc1ccc(C(=O)OC)o1. The lowest BCUT2D eigenvalue weighted by Gasteiger charge is -2.16. The summed E-state index contributed by atoms with van der Waals surface area (Å²) in [5.41, 5.74) is 0. The summed E-state index contributed by atoms with van der Waals surface area (Å²) in [5, 5.41) is 8.83. The van der Waals surface area contributed by atoms with E-state index in [1.54, 1.807) is 12.1 Å². The molecular formula is C11H17NO4. The van der Waals surface area contributed by atoms with E-state index in [2.05, 4.69) is 4.74 Å². The first-order valence-electron chi connectivity index (χ1n) is 5.21. The number of hydrogen-bond donors (Lipinski definition) is 1. The second kappa shape index (κ2) is 6.30. The van der Waals surface area contributed by atoms with Crippen molar-refractivity contribution in [2.24, 2.45) is 0 Å². The van der Waals surface area contributed by atoms with E-state index in [1.807, 2.05) is 11.8 Å². The zero-order chi connectivity index (χ0) is 12.0. The van der Waals surface area contributed by atoms with Gasteiger partial charge in [0.25, 0.3) is 0 Å². The highest BCUT2D eigenvalue weighted by Crippen LogP contribution is 2.11. The molecule has 0 fully saturated rings. The quantitative estimate of drug-likeness (QED) is 0.731. The van der Waals surface area contributed by atoms with Crippen LogP contribution in [0.15, 0.2) is 16.5 Å². The molecule has 0 bridgehead atoms. The van der Waals surface area contributed by atoms with Crippen LogP contribution in [0.5, 0.6) is 0 Å². The second-order valence-electron chi connectivity index (χ2n) is 3.35. The van der Waals surface area contributed by atoms with Gasteiger partial charge >= 0.3 is 5.97 Å². The van der Waals surface area contributed by atoms with Gasteiger partial charge in [-0.15, -0.1) is 0 Å². The number of aliphatic hydroxyl groups is 1. The Labute approximate surface area is 94.6 Å². The van der Waals surface area contributed by atoms with E-state index in [-0.39, 0.29) is 12.4 Å². The second-order valence-corrected chi connectivity index (χ2v) is 3.35. The standard InChI is InChI=1S/C11H17NO4/c1-3-12(6-7-13)8-9-4-5-10(16-9)11(14)15-2/h4-5,13H,3,6-8H2,1-2H3. The number of rotatable bonds is 6. The Morgan fingerprint density at radius 3 is 2.88 bits per heavy atom. The molecular weight excluding hydrogens is 210 g/mol. The fraction of sp³-hybridized carbons (Fsp3) is 0.545. The Morgan fingerprint density at radius 2 is 2.31 bits per heavy atom. The lowest BCUT2D eigenvalue weighted by atomic mass is 10.4. The molecule has 0 radical (unpaired) electrons. The highest BCUT2D eigenvalue weighted by atomic mass is 16.5. The van der Waals surface area contributed by atoms with Crippen LogP contribution < -0.4 is 0 Å². The molecule has 0 aliphatic heterocycles. The van der Waals surface area contributed by atoms with Gasteiger partial charge in [-0.3, -0.25) is 4.90 Å². The summed E-state index contributed by atoms with van der Waals surface area (Å²) in [4.78, 5) is 13.2. The van der Waals surface area contributed by atoms with Gasteiger partial charge in [-0.05, 0) is 18.7 Å². The summed E-state index contributed by atoms with van der Waals surface area (Å²) in [6, 6.07) is 3.33. The maximum Gasteiger partial charge on any atom is 0.373 e. The number of likely N-dealkylation sites (N-methyl/N-ethyl adjacent to an activating group) is 1. The fourth-order valence-electron chi connectivity index (χ4n) is 1.38. The number of hydrogen-bond acceptors (Lipinski definition) is 5. The van der Waals surface area contributed by atoms with E-state index < -0.39 is 5.97 Å². The Balaban J connectivity index is 2.60. The summed E-state index contributed by atoms with van der Waals surface area (Å²) in [5.74, 6) is 0.421. The Morgan fingerprint density at radius 1 is 1.56 bits per heavy atom. The summed E-state index contributed by atoms with van der Waals surface area (Å²) >= 11 is 0. The lowest BCUT2D eigenvalue weighted by Crippen LogP contribution is -2.25. The molecule has 0 atom stereocenters. The van der Waals surface area contributed by atoms with Crippen molar-refractivity contribution in [1.82, 2.24) is 4.90 Å². The van der Waals surface area contributed by atoms with Crippen molar-refractivity contribution in [3.63, 3.8) is 0 Å². The third-order valence-electron chi connectivity index (χ3n) is 2.29. The predicted molar refractivity (Wildman–Crippen MR) is 58.1 cm³/mol. The molecule has 0 unspecified atom stereocenters. The van der Waals surface area contributed by atoms with Crippen LogP contribution in [0.1, 0.15) is 23.2 Å². The molecule has 5 heteroatoms. The van der Waals surface area contributed by atoms with Crippen LogP contribution in [-0.2, 0) is 11.3 Å². The van der Waals surface area contributed by atoms with Crippen LogP contribution in [0.25, 0.3) is 0 Å². The molecule has 90 valence electrons. The summed E-state index contributed by atoms with van der Waals surface area (Å²) in [7, 11) is 1.31. The minimum atomic E-state index is -0.476. The van der Waals surface area contributed by atoms with Gasteiger partial charge in [-0.1, -0.05) is 6.92 Å². The average molecular weight is 227 g/mol. The minimum Gasteiger partial charge on any atom is -0.463 e. The van der Waals surface area contributed by atoms with E-state index >= 15 is 0 Å². The molecule has 1 N–H and O–H groups in total. The number of nitrogens with zero attached hydrogens (tertiary/aromatic N) is 1. The highest BCUT2D eigenvalue weighted by Gasteiger charge is 2.12. The van der Waals surface area contributed by atoms with Gasteiger partial charge in [-0.25, -0.2) is 4.79 Å². The number of ether oxygens (including phenoxy) is 1. The van der Waals surface area contributed by atoms with Crippen molar-refractivity contribution in [2.75, 3.05) is 26.8 Å². The average Bonchev–Trinajstić information content (AvgIpc) is 2.76. The van der Waals surface area contributed by atoms with Crippen LogP contribution in [0.2, 0.25) is 0 Å². The van der Waals surface area contributed by atoms with Crippen LogP contribution in [0, 0.1) is 0 Å². The zero-order valence-electron chi connectivity index (χ0n) is 9.60. The molecule has 5 nitrogen and oxygen atoms in total. The maximum absolute atomic E-state index is 11.1. The van der Waals surface area contributed by atoms with Crippen LogP contribution in [0.3, 0.4) is 0 Å². The van der Waals surface area contributed by atoms with Crippen LogP contribution in [0.4, 0.5) is 0 Å². The number of carbonyl (C=O) groups excluding carboxylic acids is 1. The van der Waals surface area contributed by atoms with Crippen molar-refractivity contribution >= 4 is 5.97 Å². The molecule has 1 aromatic heterocycles. The van der Waals surface area contributed by atoms with Crippen molar-refractivity contribution in [3.8, 4) is 0 Å². The van der Waals surface area contributed by atoms with E-state index in [0.29, 0.717) is 18.8 Å². The van der Waals surface area contributed by atoms with Crippen molar-refractivity contribution in [2.45, 2.75) is 13.5 Å². The molecule has 0 aliphatic rings. The molecule has 0 aliphatic carbocycles. The van der Waals surface area contributed by atoms with Gasteiger partial charge in [0.2, 0.25) is 5.76 Å². The Hall–Kier alpha value is -1.33. The smallest absolute Gasteiger partial charge is 0.373 e. The summed E-state index contributed by atoms with van der Waals surface area (Å²) < 4.78 is 9.86. The minimum absolute atomic E-state index is 0.110. The summed E-state index contributed by atoms with van der Waals surface area (Å²) in [6.45, 7) is 4.09. The number of methoxy groups -OCH3 is 1. The van der Waals surface area contributed by atoms with E-state index in [1.165, 1.54) is 7.11 Å². The molecule has 0 aromatic carbocycles. The first-order chi connectivity index (χ1) is 7.71. The van der Waals surface area contributed by atoms with Crippen LogP contribution >= 0.6 is 0 Å². The van der Waals surface area contributed by atoms with Crippen molar-refractivity contribution in [3.05, 3.63) is 23.7 Å². The lowest BCUT2D eigenvalue weighted by molar-refractivity contribution is 0.0560. The largest absolute Gasteiger partial charge is 0.463 e. The van der Waals surface area contributed by atoms with E-state index in [0.717, 1.165) is 6.54 Å². The topological polar surface area (TPSA) is 62.9 Å². The maximum atomic E-state index is 11.1. The summed E-state index contributed by atoms with van der Waals surface area (Å²) in [6.07, 6.45) is 0. The predicted octanol–water partition coefficient (Wildman–Crippen LogP) is 0.880. The molecule has 1 aromatic rings.